The topological polar surface area (TPSA) is 55.4 Å². The molecule has 0 fully saturated rings. The Labute approximate surface area is 116 Å². The number of hydrogen-bond donors (Lipinski definition) is 1. The second-order valence-corrected chi connectivity index (χ2v) is 6.78. The maximum absolute atomic E-state index is 11.9. The van der Waals surface area contributed by atoms with Crippen LogP contribution in [-0.4, -0.2) is 26.5 Å². The Morgan fingerprint density at radius 3 is 2.20 bits per heavy atom. The quantitative estimate of drug-likeness (QED) is 0.878. The maximum Gasteiger partial charge on any atom is 0.422 e. The summed E-state index contributed by atoms with van der Waals surface area (Å²) in [5.74, 6) is 0.0813. The molecule has 0 atom stereocenters. The standard InChI is InChI=1S/C12H16F3NO3S/c1-9(2)20(17,18)16-7-10-3-5-11(6-4-10)19-8-12(13,14)15/h3-6,9,16H,7-8H2,1-2H3. The summed E-state index contributed by atoms with van der Waals surface area (Å²) in [6, 6.07) is 5.75. The molecular weight excluding hydrogens is 295 g/mol. The molecule has 0 aliphatic rings. The van der Waals surface area contributed by atoms with Gasteiger partial charge >= 0.3 is 6.18 Å². The van der Waals surface area contributed by atoms with Gasteiger partial charge in [0.1, 0.15) is 5.75 Å². The largest absolute Gasteiger partial charge is 0.484 e. The fraction of sp³-hybridized carbons (Fsp3) is 0.500. The van der Waals surface area contributed by atoms with E-state index in [0.717, 1.165) is 0 Å². The zero-order valence-corrected chi connectivity index (χ0v) is 11.9. The van der Waals surface area contributed by atoms with Gasteiger partial charge in [-0.3, -0.25) is 0 Å². The lowest BCUT2D eigenvalue weighted by Gasteiger charge is -2.11. The van der Waals surface area contributed by atoms with Crippen LogP contribution < -0.4 is 9.46 Å². The molecule has 0 heterocycles. The zero-order valence-electron chi connectivity index (χ0n) is 11.1. The van der Waals surface area contributed by atoms with Crippen LogP contribution in [0.5, 0.6) is 5.75 Å². The molecule has 0 unspecified atom stereocenters. The van der Waals surface area contributed by atoms with Gasteiger partial charge in [0.25, 0.3) is 0 Å². The van der Waals surface area contributed by atoms with Gasteiger partial charge in [-0.25, -0.2) is 13.1 Å². The lowest BCUT2D eigenvalue weighted by Crippen LogP contribution is -2.30. The highest BCUT2D eigenvalue weighted by Gasteiger charge is 2.28. The van der Waals surface area contributed by atoms with Gasteiger partial charge < -0.3 is 4.74 Å². The van der Waals surface area contributed by atoms with Crippen LogP contribution in [0.2, 0.25) is 0 Å². The fourth-order valence-electron chi connectivity index (χ4n) is 1.22. The number of alkyl halides is 3. The summed E-state index contributed by atoms with van der Waals surface area (Å²) in [7, 11) is -3.37. The Morgan fingerprint density at radius 2 is 1.75 bits per heavy atom. The van der Waals surface area contributed by atoms with E-state index in [1.807, 2.05) is 0 Å². The molecule has 114 valence electrons. The highest BCUT2D eigenvalue weighted by atomic mass is 32.2. The van der Waals surface area contributed by atoms with E-state index >= 15 is 0 Å². The van der Waals surface area contributed by atoms with Crippen molar-refractivity contribution in [1.82, 2.24) is 4.72 Å². The molecule has 0 bridgehead atoms. The third-order valence-corrected chi connectivity index (χ3v) is 4.21. The molecule has 0 aliphatic heterocycles. The lowest BCUT2D eigenvalue weighted by atomic mass is 10.2. The van der Waals surface area contributed by atoms with Crippen molar-refractivity contribution >= 4 is 10.0 Å². The van der Waals surface area contributed by atoms with Crippen LogP contribution in [0.3, 0.4) is 0 Å². The molecule has 1 aromatic carbocycles. The number of sulfonamides is 1. The first kappa shape index (κ1) is 16.8. The Hall–Kier alpha value is -1.28. The third kappa shape index (κ3) is 5.79. The highest BCUT2D eigenvalue weighted by Crippen LogP contribution is 2.18. The van der Waals surface area contributed by atoms with Crippen LogP contribution in [0.25, 0.3) is 0 Å². The van der Waals surface area contributed by atoms with Gasteiger partial charge in [-0.05, 0) is 31.5 Å². The summed E-state index contributed by atoms with van der Waals surface area (Å²) in [6.45, 7) is 1.83. The SMILES string of the molecule is CC(C)S(=O)(=O)NCc1ccc(OCC(F)(F)F)cc1. The van der Waals surface area contributed by atoms with Crippen molar-refractivity contribution < 1.29 is 26.3 Å². The van der Waals surface area contributed by atoms with Gasteiger partial charge in [0, 0.05) is 6.54 Å². The van der Waals surface area contributed by atoms with Gasteiger partial charge in [0.05, 0.1) is 5.25 Å². The first-order chi connectivity index (χ1) is 9.10. The van der Waals surface area contributed by atoms with Gasteiger partial charge in [0.15, 0.2) is 6.61 Å². The lowest BCUT2D eigenvalue weighted by molar-refractivity contribution is -0.153. The van der Waals surface area contributed by atoms with E-state index in [9.17, 15) is 21.6 Å². The summed E-state index contributed by atoms with van der Waals surface area (Å²) in [5.41, 5.74) is 0.633. The summed E-state index contributed by atoms with van der Waals surface area (Å²) in [6.07, 6.45) is -4.38. The molecule has 1 aromatic rings. The van der Waals surface area contributed by atoms with Crippen molar-refractivity contribution in [3.05, 3.63) is 29.8 Å². The molecule has 0 spiro atoms. The number of nitrogens with one attached hydrogen (secondary N) is 1. The number of benzene rings is 1. The smallest absolute Gasteiger partial charge is 0.422 e. The van der Waals surface area contributed by atoms with Crippen LogP contribution in [-0.2, 0) is 16.6 Å². The Balaban J connectivity index is 2.55. The zero-order chi connectivity index (χ0) is 15.4. The number of halogens is 3. The van der Waals surface area contributed by atoms with E-state index in [0.29, 0.717) is 5.56 Å². The van der Waals surface area contributed by atoms with Crippen molar-refractivity contribution in [2.45, 2.75) is 31.8 Å². The monoisotopic (exact) mass is 311 g/mol. The number of ether oxygens (including phenoxy) is 1. The molecule has 4 nitrogen and oxygen atoms in total. The summed E-state index contributed by atoms with van der Waals surface area (Å²) < 4.78 is 65.8. The average Bonchev–Trinajstić information content (AvgIpc) is 2.34. The van der Waals surface area contributed by atoms with Crippen LogP contribution in [0.15, 0.2) is 24.3 Å². The van der Waals surface area contributed by atoms with Crippen LogP contribution in [0.4, 0.5) is 13.2 Å². The van der Waals surface area contributed by atoms with Gasteiger partial charge in [-0.1, -0.05) is 12.1 Å². The first-order valence-electron chi connectivity index (χ1n) is 5.87. The average molecular weight is 311 g/mol. The summed E-state index contributed by atoms with van der Waals surface area (Å²) >= 11 is 0. The van der Waals surface area contributed by atoms with Crippen molar-refractivity contribution in [1.29, 1.82) is 0 Å². The highest BCUT2D eigenvalue weighted by molar-refractivity contribution is 7.90. The Bertz CT molecular complexity index is 524. The van der Waals surface area contributed by atoms with Crippen LogP contribution >= 0.6 is 0 Å². The minimum Gasteiger partial charge on any atom is -0.484 e. The normalized spacial score (nSPS) is 12.7. The van der Waals surface area contributed by atoms with E-state index in [4.69, 9.17) is 0 Å². The Morgan fingerprint density at radius 1 is 1.20 bits per heavy atom. The Kier molecular flexibility index (Phi) is 5.41. The minimum atomic E-state index is -4.38. The molecule has 0 radical (unpaired) electrons. The second-order valence-electron chi connectivity index (χ2n) is 4.46. The molecule has 1 N–H and O–H groups in total. The van der Waals surface area contributed by atoms with Crippen molar-refractivity contribution in [2.24, 2.45) is 0 Å². The minimum absolute atomic E-state index is 0.0813. The van der Waals surface area contributed by atoms with E-state index < -0.39 is 28.1 Å². The maximum atomic E-state index is 11.9. The molecule has 0 saturated heterocycles. The predicted molar refractivity (Wildman–Crippen MR) is 68.9 cm³/mol. The first-order valence-corrected chi connectivity index (χ1v) is 7.42. The molecule has 0 aliphatic carbocycles. The third-order valence-electron chi connectivity index (χ3n) is 2.42. The number of rotatable bonds is 6. The molecular formula is C12H16F3NO3S. The van der Waals surface area contributed by atoms with Crippen LogP contribution in [0, 0.1) is 0 Å². The molecule has 20 heavy (non-hydrogen) atoms. The molecule has 1 rings (SSSR count). The van der Waals surface area contributed by atoms with Gasteiger partial charge in [-0.15, -0.1) is 0 Å². The molecule has 0 saturated carbocycles. The van der Waals surface area contributed by atoms with Gasteiger partial charge in [-0.2, -0.15) is 13.2 Å². The number of hydrogen-bond acceptors (Lipinski definition) is 3. The van der Waals surface area contributed by atoms with Crippen molar-refractivity contribution in [3.63, 3.8) is 0 Å². The summed E-state index contributed by atoms with van der Waals surface area (Å²) in [4.78, 5) is 0. The fourth-order valence-corrected chi connectivity index (χ4v) is 1.92. The van der Waals surface area contributed by atoms with Crippen molar-refractivity contribution in [3.8, 4) is 5.75 Å². The molecule has 8 heteroatoms. The second kappa shape index (κ2) is 6.45. The van der Waals surface area contributed by atoms with Crippen molar-refractivity contribution in [2.75, 3.05) is 6.61 Å². The summed E-state index contributed by atoms with van der Waals surface area (Å²) in [5, 5.41) is -0.545. The molecule has 0 aromatic heterocycles. The van der Waals surface area contributed by atoms with Gasteiger partial charge in [0.2, 0.25) is 10.0 Å². The van der Waals surface area contributed by atoms with E-state index in [1.54, 1.807) is 13.8 Å². The van der Waals surface area contributed by atoms with Crippen LogP contribution in [0.1, 0.15) is 19.4 Å². The van der Waals surface area contributed by atoms with E-state index in [-0.39, 0.29) is 12.3 Å². The molecule has 0 amide bonds. The van der Waals surface area contributed by atoms with E-state index in [2.05, 4.69) is 9.46 Å². The van der Waals surface area contributed by atoms with E-state index in [1.165, 1.54) is 24.3 Å². The predicted octanol–water partition coefficient (Wildman–Crippen LogP) is 2.46.